The van der Waals surface area contributed by atoms with E-state index < -0.39 is 12.1 Å². The highest BCUT2D eigenvalue weighted by Gasteiger charge is 2.18. The summed E-state index contributed by atoms with van der Waals surface area (Å²) in [6.07, 6.45) is 77.6. The van der Waals surface area contributed by atoms with Crippen molar-refractivity contribution in [1.82, 2.24) is 5.32 Å². The second-order valence-electron chi connectivity index (χ2n) is 22.1. The van der Waals surface area contributed by atoms with Crippen LogP contribution < -0.4 is 5.32 Å². The third-order valence-corrected chi connectivity index (χ3v) is 14.9. The normalized spacial score (nSPS) is 12.8. The van der Waals surface area contributed by atoms with Crippen LogP contribution >= 0.6 is 0 Å². The molecule has 1 amide bonds. The molecule has 424 valence electrons. The fourth-order valence-corrected chi connectivity index (χ4v) is 9.96. The van der Waals surface area contributed by atoms with Crippen LogP contribution in [0.15, 0.2) is 36.5 Å². The predicted octanol–water partition coefficient (Wildman–Crippen LogP) is 20.4. The van der Waals surface area contributed by atoms with Crippen LogP contribution in [0.1, 0.15) is 348 Å². The van der Waals surface area contributed by atoms with E-state index in [1.165, 1.54) is 270 Å². The zero-order chi connectivity index (χ0) is 52.2. The molecular weight excluding hydrogens is 887 g/mol. The van der Waals surface area contributed by atoms with Crippen molar-refractivity contribution in [2.75, 3.05) is 13.2 Å². The van der Waals surface area contributed by atoms with Gasteiger partial charge in [-0.05, 0) is 64.2 Å². The number of hydrogen-bond donors (Lipinski definition) is 3. The summed E-state index contributed by atoms with van der Waals surface area (Å²) in [5, 5.41) is 23.1. The van der Waals surface area contributed by atoms with Gasteiger partial charge in [0.25, 0.3) is 0 Å². The van der Waals surface area contributed by atoms with E-state index >= 15 is 0 Å². The minimum atomic E-state index is -0.843. The number of aliphatic hydroxyl groups is 2. The summed E-state index contributed by atoms with van der Waals surface area (Å²) in [6, 6.07) is -0.626. The molecule has 0 aliphatic rings. The van der Waals surface area contributed by atoms with Crippen molar-refractivity contribution in [3.63, 3.8) is 0 Å². The third kappa shape index (κ3) is 57.4. The summed E-state index contributed by atoms with van der Waals surface area (Å²) in [6.45, 7) is 4.89. The molecule has 0 saturated carbocycles. The van der Waals surface area contributed by atoms with Crippen LogP contribution in [0.25, 0.3) is 0 Å². The van der Waals surface area contributed by atoms with Crippen molar-refractivity contribution in [3.05, 3.63) is 36.5 Å². The molecule has 0 aliphatic heterocycles. The zero-order valence-electron chi connectivity index (χ0n) is 48.4. The van der Waals surface area contributed by atoms with Gasteiger partial charge in [-0.25, -0.2) is 0 Å². The van der Waals surface area contributed by atoms with Crippen molar-refractivity contribution in [2.24, 2.45) is 0 Å². The smallest absolute Gasteiger partial charge is 0.305 e. The first-order valence-electron chi connectivity index (χ1n) is 32.3. The van der Waals surface area contributed by atoms with Crippen LogP contribution in [0.5, 0.6) is 0 Å². The fraction of sp³-hybridized carbons (Fsp3) is 0.879. The van der Waals surface area contributed by atoms with E-state index in [4.69, 9.17) is 4.74 Å². The molecule has 0 bridgehead atoms. The van der Waals surface area contributed by atoms with Crippen LogP contribution in [0.2, 0.25) is 0 Å². The van der Waals surface area contributed by atoms with E-state index in [0.717, 1.165) is 51.4 Å². The summed E-state index contributed by atoms with van der Waals surface area (Å²) < 4.78 is 5.48. The molecule has 3 N–H and O–H groups in total. The van der Waals surface area contributed by atoms with Crippen molar-refractivity contribution in [2.45, 2.75) is 360 Å². The molecule has 6 nitrogen and oxygen atoms in total. The molecule has 72 heavy (non-hydrogen) atoms. The van der Waals surface area contributed by atoms with Crippen LogP contribution in [-0.2, 0) is 14.3 Å². The maximum Gasteiger partial charge on any atom is 0.305 e. The second kappa shape index (κ2) is 61.6. The van der Waals surface area contributed by atoms with Gasteiger partial charge in [0.05, 0.1) is 25.4 Å². The molecule has 0 aromatic rings. The predicted molar refractivity (Wildman–Crippen MR) is 315 cm³/mol. The van der Waals surface area contributed by atoms with Gasteiger partial charge in [0, 0.05) is 12.8 Å². The first-order chi connectivity index (χ1) is 35.5. The van der Waals surface area contributed by atoms with Crippen LogP contribution in [0.4, 0.5) is 0 Å². The Morgan fingerprint density at radius 1 is 0.389 bits per heavy atom. The lowest BCUT2D eigenvalue weighted by atomic mass is 10.0. The number of hydrogen-bond acceptors (Lipinski definition) is 5. The Morgan fingerprint density at radius 3 is 1.08 bits per heavy atom. The highest BCUT2D eigenvalue weighted by Crippen LogP contribution is 2.18. The number of ether oxygens (including phenoxy) is 1. The summed E-state index contributed by atoms with van der Waals surface area (Å²) in [4.78, 5) is 24.5. The molecule has 0 fully saturated rings. The van der Waals surface area contributed by atoms with Crippen molar-refractivity contribution >= 4 is 11.9 Å². The Kier molecular flexibility index (Phi) is 60.0. The maximum absolute atomic E-state index is 12.5. The Hall–Kier alpha value is -1.92. The summed E-state index contributed by atoms with van der Waals surface area (Å²) in [5.74, 6) is -0.0629. The van der Waals surface area contributed by atoms with Gasteiger partial charge in [-0.3, -0.25) is 9.59 Å². The topological polar surface area (TPSA) is 95.9 Å². The number of amides is 1. The molecule has 0 aromatic carbocycles. The number of carbonyl (C=O) groups excluding carboxylic acids is 2. The van der Waals surface area contributed by atoms with Gasteiger partial charge < -0.3 is 20.3 Å². The van der Waals surface area contributed by atoms with E-state index in [9.17, 15) is 19.8 Å². The molecule has 2 atom stereocenters. The molecule has 0 radical (unpaired) electrons. The van der Waals surface area contributed by atoms with Gasteiger partial charge in [0.1, 0.15) is 0 Å². The number of esters is 1. The number of allylic oxidation sites excluding steroid dienone is 5. The van der Waals surface area contributed by atoms with Crippen LogP contribution in [-0.4, -0.2) is 47.4 Å². The molecule has 0 spiro atoms. The highest BCUT2D eigenvalue weighted by molar-refractivity contribution is 5.76. The minimum absolute atomic E-state index is 0.00201. The van der Waals surface area contributed by atoms with E-state index in [2.05, 4.69) is 43.5 Å². The van der Waals surface area contributed by atoms with Crippen LogP contribution in [0, 0.1) is 0 Å². The minimum Gasteiger partial charge on any atom is -0.466 e. The summed E-state index contributed by atoms with van der Waals surface area (Å²) >= 11 is 0. The third-order valence-electron chi connectivity index (χ3n) is 14.9. The number of carbonyl (C=O) groups is 2. The van der Waals surface area contributed by atoms with E-state index in [1.807, 2.05) is 6.08 Å². The van der Waals surface area contributed by atoms with Gasteiger partial charge in [-0.2, -0.15) is 0 Å². The largest absolute Gasteiger partial charge is 0.466 e. The quantitative estimate of drug-likeness (QED) is 0.0320. The Morgan fingerprint density at radius 2 is 0.694 bits per heavy atom. The van der Waals surface area contributed by atoms with Gasteiger partial charge in [0.2, 0.25) is 5.91 Å². The molecule has 0 unspecified atom stereocenters. The van der Waals surface area contributed by atoms with Gasteiger partial charge in [0.15, 0.2) is 0 Å². The zero-order valence-corrected chi connectivity index (χ0v) is 48.4. The highest BCUT2D eigenvalue weighted by atomic mass is 16.5. The Balaban J connectivity index is 3.38. The number of rotatable bonds is 60. The molecular formula is C66H125NO5. The second-order valence-corrected chi connectivity index (χ2v) is 22.1. The van der Waals surface area contributed by atoms with E-state index in [1.54, 1.807) is 6.08 Å². The van der Waals surface area contributed by atoms with Crippen LogP contribution in [0.3, 0.4) is 0 Å². The molecule has 0 aromatic heterocycles. The van der Waals surface area contributed by atoms with Crippen molar-refractivity contribution in [1.29, 1.82) is 0 Å². The molecule has 0 aliphatic carbocycles. The summed E-state index contributed by atoms with van der Waals surface area (Å²) in [7, 11) is 0. The molecule has 0 saturated heterocycles. The lowest BCUT2D eigenvalue weighted by Crippen LogP contribution is -2.45. The fourth-order valence-electron chi connectivity index (χ4n) is 9.96. The maximum atomic E-state index is 12.5. The van der Waals surface area contributed by atoms with Crippen molar-refractivity contribution in [3.8, 4) is 0 Å². The Bertz CT molecular complexity index is 1170. The van der Waals surface area contributed by atoms with Gasteiger partial charge in [-0.1, -0.05) is 307 Å². The average Bonchev–Trinajstić information content (AvgIpc) is 3.38. The van der Waals surface area contributed by atoms with E-state index in [0.29, 0.717) is 19.4 Å². The SMILES string of the molecule is CCCCC/C=C\C/C=C\CCCCCCCC(=O)OCCCCCCCCCCCCCCCCCCCCCCCCCCCC(=O)N[C@@H](CO)[C@H](O)/C=C/CCCCCCCCCCCCCCC. The summed E-state index contributed by atoms with van der Waals surface area (Å²) in [5.41, 5.74) is 0. The first kappa shape index (κ1) is 70.1. The standard InChI is InChI=1S/C66H125NO5/c1-3-5-7-9-11-13-15-17-30-34-38-42-46-50-54-58-64(69)63(62-68)67-65(70)59-55-51-47-43-39-35-32-28-26-24-22-20-19-21-23-25-27-29-33-37-41-45-49-53-57-61-72-66(71)60-56-52-48-44-40-36-31-18-16-14-12-10-8-6-4-2/h12,14,18,31,54,58,63-64,68-69H,3-11,13,15-17,19-30,32-53,55-57,59-62H2,1-2H3,(H,67,70)/b14-12-,31-18-,58-54+/t63-,64+/m0/s1. The average molecular weight is 1010 g/mol. The van der Waals surface area contributed by atoms with Gasteiger partial charge in [-0.15, -0.1) is 0 Å². The van der Waals surface area contributed by atoms with Crippen molar-refractivity contribution < 1.29 is 24.5 Å². The lowest BCUT2D eigenvalue weighted by Gasteiger charge is -2.20. The lowest BCUT2D eigenvalue weighted by molar-refractivity contribution is -0.143. The number of unbranched alkanes of at least 4 members (excludes halogenated alkanes) is 45. The van der Waals surface area contributed by atoms with Gasteiger partial charge >= 0.3 is 5.97 Å². The Labute approximate surface area is 449 Å². The van der Waals surface area contributed by atoms with E-state index in [-0.39, 0.29) is 18.5 Å². The molecule has 6 heteroatoms. The number of aliphatic hydroxyl groups excluding tert-OH is 2. The monoisotopic (exact) mass is 1010 g/mol. The molecule has 0 heterocycles. The number of nitrogens with one attached hydrogen (secondary N) is 1. The first-order valence-corrected chi connectivity index (χ1v) is 32.3. The molecule has 0 rings (SSSR count).